The second kappa shape index (κ2) is 14.2. The summed E-state index contributed by atoms with van der Waals surface area (Å²) in [5.74, 6) is -1.51. The van der Waals surface area contributed by atoms with Crippen LogP contribution < -0.4 is 16.0 Å². The van der Waals surface area contributed by atoms with Crippen molar-refractivity contribution in [3.8, 4) is 0 Å². The lowest BCUT2D eigenvalue weighted by molar-refractivity contribution is -0.301. The summed E-state index contributed by atoms with van der Waals surface area (Å²) in [6, 6.07) is 4.02. The van der Waals surface area contributed by atoms with E-state index in [0.29, 0.717) is 11.3 Å². The summed E-state index contributed by atoms with van der Waals surface area (Å²) in [5.41, 5.74) is 0.897. The highest BCUT2D eigenvalue weighted by Crippen LogP contribution is 2.22. The zero-order chi connectivity index (χ0) is 28.4. The summed E-state index contributed by atoms with van der Waals surface area (Å²) >= 11 is 0. The van der Waals surface area contributed by atoms with E-state index in [-0.39, 0.29) is 19.5 Å². The molecule has 1 aliphatic rings. The van der Waals surface area contributed by atoms with E-state index in [2.05, 4.69) is 20.7 Å². The number of carbonyl (C=O) groups excluding carboxylic acids is 3. The normalized spacial score (nSPS) is 26.4. The number of carbonyl (C=O) groups is 3. The molecule has 1 fully saturated rings. The molecule has 13 heteroatoms. The molecule has 0 bridgehead atoms. The van der Waals surface area contributed by atoms with Crippen LogP contribution in [0.3, 0.4) is 0 Å². The molecule has 1 saturated heterocycles. The highest BCUT2D eigenvalue weighted by molar-refractivity contribution is 5.98. The van der Waals surface area contributed by atoms with E-state index in [9.17, 15) is 34.8 Å². The molecule has 0 radical (unpaired) electrons. The van der Waals surface area contributed by atoms with Crippen molar-refractivity contribution in [3.05, 3.63) is 29.8 Å². The lowest BCUT2D eigenvalue weighted by Crippen LogP contribution is -2.60. The van der Waals surface area contributed by atoms with Crippen LogP contribution in [0.2, 0.25) is 0 Å². The van der Waals surface area contributed by atoms with Crippen LogP contribution >= 0.6 is 0 Å². The first-order valence-corrected chi connectivity index (χ1v) is 11.3. The first kappa shape index (κ1) is 26.4. The minimum absolute atomic E-state index is 0.123. The standard InChI is InChI=1S/C23H35N3O10/c1-12(2)17(24-3)22(33)26-15(10-35-23-20(31)19(30)18(29)16(8-27)36-23)21(32)25-14-6-4-13(5-7-14)9-34-11-28/h4-7,11-12,15-20,23-24,27,29-31H,8-10H2,1-3H3,(H,25,32)(H,26,33)/i3T,11D. The molecule has 7 atom stereocenters. The second-order valence-corrected chi connectivity index (χ2v) is 8.58. The number of amides is 2. The Morgan fingerprint density at radius 2 is 1.89 bits per heavy atom. The Balaban J connectivity index is 2.15. The van der Waals surface area contributed by atoms with Crippen LogP contribution in [0.5, 0.6) is 0 Å². The summed E-state index contributed by atoms with van der Waals surface area (Å²) in [7, 11) is -0.240. The Morgan fingerprint density at radius 1 is 1.19 bits per heavy atom. The number of hydrogen-bond donors (Lipinski definition) is 7. The van der Waals surface area contributed by atoms with Gasteiger partial charge in [-0.05, 0) is 30.6 Å². The van der Waals surface area contributed by atoms with E-state index in [4.69, 9.17) is 12.2 Å². The largest absolute Gasteiger partial charge is 0.463 e. The van der Waals surface area contributed by atoms with Gasteiger partial charge in [-0.1, -0.05) is 26.0 Å². The predicted octanol–water partition coefficient (Wildman–Crippen LogP) is -2.16. The third-order valence-electron chi connectivity index (χ3n) is 5.60. The molecule has 13 nitrogen and oxygen atoms in total. The third kappa shape index (κ3) is 7.93. The Kier molecular flexibility index (Phi) is 10.4. The Hall–Kier alpha value is -2.65. The number of likely N-dealkylation sites (N-methyl/N-ethyl adjacent to an activating group) is 1. The van der Waals surface area contributed by atoms with E-state index >= 15 is 0 Å². The van der Waals surface area contributed by atoms with Gasteiger partial charge in [-0.3, -0.25) is 14.4 Å². The summed E-state index contributed by atoms with van der Waals surface area (Å²) < 4.78 is 29.5. The van der Waals surface area contributed by atoms with Crippen LogP contribution in [0, 0.1) is 5.92 Å². The van der Waals surface area contributed by atoms with E-state index in [0.717, 1.165) is 0 Å². The van der Waals surface area contributed by atoms with Crippen LogP contribution in [0.25, 0.3) is 0 Å². The van der Waals surface area contributed by atoms with Crippen LogP contribution in [0.1, 0.15) is 22.2 Å². The maximum absolute atomic E-state index is 13.1. The quantitative estimate of drug-likeness (QED) is 0.150. The number of hydrogen-bond acceptors (Lipinski definition) is 11. The maximum Gasteiger partial charge on any atom is 0.293 e. The van der Waals surface area contributed by atoms with Gasteiger partial charge in [-0.15, -0.1) is 0 Å². The number of aliphatic hydroxyl groups is 4. The fourth-order valence-electron chi connectivity index (χ4n) is 3.50. The molecule has 0 spiro atoms. The molecule has 1 aliphatic heterocycles. The average Bonchev–Trinajstić information content (AvgIpc) is 2.88. The van der Waals surface area contributed by atoms with Gasteiger partial charge in [0, 0.05) is 7.06 Å². The van der Waals surface area contributed by atoms with Crippen molar-refractivity contribution < 1.29 is 51.8 Å². The molecule has 1 aromatic rings. The van der Waals surface area contributed by atoms with Crippen molar-refractivity contribution in [2.24, 2.45) is 5.92 Å². The molecular weight excluding hydrogens is 478 g/mol. The van der Waals surface area contributed by atoms with Crippen molar-refractivity contribution in [2.45, 2.75) is 63.2 Å². The van der Waals surface area contributed by atoms with Crippen molar-refractivity contribution in [1.82, 2.24) is 10.6 Å². The van der Waals surface area contributed by atoms with E-state index in [1.165, 1.54) is 12.1 Å². The van der Waals surface area contributed by atoms with Crippen LogP contribution in [-0.4, -0.2) is 102 Å². The third-order valence-corrected chi connectivity index (χ3v) is 5.60. The van der Waals surface area contributed by atoms with Gasteiger partial charge in [0.15, 0.2) is 7.66 Å². The second-order valence-electron chi connectivity index (χ2n) is 8.58. The minimum Gasteiger partial charge on any atom is -0.463 e. The lowest BCUT2D eigenvalue weighted by atomic mass is 9.99. The molecule has 0 aromatic heterocycles. The molecule has 202 valence electrons. The van der Waals surface area contributed by atoms with E-state index in [1.807, 2.05) is 0 Å². The van der Waals surface area contributed by atoms with Gasteiger partial charge in [0.05, 0.1) is 19.3 Å². The maximum atomic E-state index is 13.1. The first-order chi connectivity index (χ1) is 18.0. The van der Waals surface area contributed by atoms with Gasteiger partial charge >= 0.3 is 0 Å². The van der Waals surface area contributed by atoms with Crippen molar-refractivity contribution >= 4 is 24.0 Å². The van der Waals surface area contributed by atoms with Gasteiger partial charge in [0.25, 0.3) is 6.45 Å². The molecule has 1 heterocycles. The number of aliphatic hydroxyl groups excluding tert-OH is 4. The molecule has 7 unspecified atom stereocenters. The van der Waals surface area contributed by atoms with Gasteiger partial charge in [0.2, 0.25) is 11.8 Å². The van der Waals surface area contributed by atoms with Crippen LogP contribution in [0.15, 0.2) is 24.3 Å². The van der Waals surface area contributed by atoms with Crippen molar-refractivity contribution in [1.29, 1.82) is 0 Å². The Morgan fingerprint density at radius 3 is 2.47 bits per heavy atom. The zero-order valence-electron chi connectivity index (χ0n) is 22.0. The summed E-state index contributed by atoms with van der Waals surface area (Å²) in [6.45, 7) is 2.20. The van der Waals surface area contributed by atoms with E-state index < -0.39 is 74.3 Å². The minimum atomic E-state index is -1.70. The van der Waals surface area contributed by atoms with Gasteiger partial charge in [0.1, 0.15) is 37.1 Å². The summed E-state index contributed by atoms with van der Waals surface area (Å²) in [6.07, 6.45) is -8.91. The zero-order valence-corrected chi connectivity index (χ0v) is 20.0. The monoisotopic (exact) mass is 516 g/mol. The topological polar surface area (TPSA) is 196 Å². The molecule has 0 saturated carbocycles. The molecule has 1 aromatic carbocycles. The molecule has 2 amide bonds. The van der Waals surface area contributed by atoms with Gasteiger partial charge < -0.3 is 50.6 Å². The Labute approximate surface area is 211 Å². The van der Waals surface area contributed by atoms with Crippen molar-refractivity contribution in [2.75, 3.05) is 25.6 Å². The fraction of sp³-hybridized carbons (Fsp3) is 0.609. The molecule has 2 rings (SSSR count). The van der Waals surface area contributed by atoms with Crippen molar-refractivity contribution in [3.63, 3.8) is 0 Å². The highest BCUT2D eigenvalue weighted by atomic mass is 16.7. The molecular formula is C23H35N3O10. The summed E-state index contributed by atoms with van der Waals surface area (Å²) in [4.78, 5) is 36.6. The predicted molar refractivity (Wildman–Crippen MR) is 125 cm³/mol. The van der Waals surface area contributed by atoms with Crippen LogP contribution in [-0.2, 0) is 35.2 Å². The van der Waals surface area contributed by atoms with E-state index in [1.54, 1.807) is 26.0 Å². The fourth-order valence-corrected chi connectivity index (χ4v) is 3.50. The number of benzene rings is 1. The Bertz CT molecular complexity index is 921. The van der Waals surface area contributed by atoms with Crippen LogP contribution in [0.4, 0.5) is 5.69 Å². The number of anilines is 1. The average molecular weight is 517 g/mol. The van der Waals surface area contributed by atoms with Gasteiger partial charge in [-0.2, -0.15) is 0 Å². The smallest absolute Gasteiger partial charge is 0.293 e. The molecule has 0 aliphatic carbocycles. The SMILES string of the molecule is [2H]C(=O)OCc1ccc(NC(=O)C(COC2OC(CO)C(O)C(O)C2O)NC(=O)C(NC[3H])C(C)C)cc1. The highest BCUT2D eigenvalue weighted by Gasteiger charge is 2.44. The molecule has 36 heavy (non-hydrogen) atoms. The number of nitrogens with one attached hydrogen (secondary N) is 3. The number of rotatable bonds is 12. The number of ether oxygens (including phenoxy) is 3. The molecule has 7 N–H and O–H groups in total. The summed E-state index contributed by atoms with van der Waals surface area (Å²) in [5, 5.41) is 47.4. The first-order valence-electron chi connectivity index (χ1n) is 12.5. The lowest BCUT2D eigenvalue weighted by Gasteiger charge is -2.40. The van der Waals surface area contributed by atoms with Gasteiger partial charge in [-0.25, -0.2) is 0 Å².